The van der Waals surface area contributed by atoms with Gasteiger partial charge in [-0.1, -0.05) is 42.5 Å². The number of rotatable bonds is 6. The summed E-state index contributed by atoms with van der Waals surface area (Å²) in [5.41, 5.74) is 2.95. The lowest BCUT2D eigenvalue weighted by Crippen LogP contribution is -2.20. The first-order valence-corrected chi connectivity index (χ1v) is 9.65. The van der Waals surface area contributed by atoms with E-state index < -0.39 is 11.9 Å². The van der Waals surface area contributed by atoms with Gasteiger partial charge >= 0.3 is 5.97 Å². The molecule has 8 heteroatoms. The van der Waals surface area contributed by atoms with Crippen molar-refractivity contribution in [1.29, 1.82) is 0 Å². The zero-order chi connectivity index (χ0) is 20.1. The maximum absolute atomic E-state index is 12.1. The molecule has 144 valence electrons. The summed E-state index contributed by atoms with van der Waals surface area (Å²) in [4.78, 5) is 35.7. The Kier molecular flexibility index (Phi) is 5.44. The highest BCUT2D eigenvalue weighted by Crippen LogP contribution is 2.24. The lowest BCUT2D eigenvalue weighted by molar-refractivity contribution is -0.119. The van der Waals surface area contributed by atoms with Gasteiger partial charge in [-0.2, -0.15) is 0 Å². The lowest BCUT2D eigenvalue weighted by atomic mass is 10.1. The van der Waals surface area contributed by atoms with Gasteiger partial charge in [-0.05, 0) is 12.1 Å². The third-order valence-corrected chi connectivity index (χ3v) is 4.80. The van der Waals surface area contributed by atoms with E-state index in [1.54, 1.807) is 36.7 Å². The number of imidazole rings is 1. The molecule has 0 aliphatic heterocycles. The number of ether oxygens (including phenoxy) is 1. The van der Waals surface area contributed by atoms with Crippen LogP contribution in [0.2, 0.25) is 0 Å². The van der Waals surface area contributed by atoms with E-state index in [1.165, 1.54) is 11.3 Å². The molecule has 2 aromatic heterocycles. The number of nitrogens with zero attached hydrogens (tertiary/aromatic N) is 2. The molecule has 1 amide bonds. The Bertz CT molecular complexity index is 1110. The Labute approximate surface area is 170 Å². The van der Waals surface area contributed by atoms with Gasteiger partial charge in [-0.3, -0.25) is 10.1 Å². The van der Waals surface area contributed by atoms with Crippen LogP contribution < -0.4 is 5.32 Å². The molecule has 0 spiro atoms. The molecule has 4 rings (SSSR count). The van der Waals surface area contributed by atoms with Crippen LogP contribution >= 0.6 is 11.3 Å². The van der Waals surface area contributed by atoms with E-state index in [0.29, 0.717) is 16.5 Å². The average Bonchev–Trinajstić information content (AvgIpc) is 3.45. The summed E-state index contributed by atoms with van der Waals surface area (Å²) in [7, 11) is 0. The molecule has 7 nitrogen and oxygen atoms in total. The van der Waals surface area contributed by atoms with Crippen molar-refractivity contribution in [2.24, 2.45) is 0 Å². The molecule has 0 aliphatic rings. The van der Waals surface area contributed by atoms with Crippen LogP contribution in [-0.4, -0.2) is 33.4 Å². The van der Waals surface area contributed by atoms with Crippen LogP contribution in [0.1, 0.15) is 10.4 Å². The molecule has 0 fully saturated rings. The van der Waals surface area contributed by atoms with Gasteiger partial charge in [0.15, 0.2) is 11.7 Å². The third-order valence-electron chi connectivity index (χ3n) is 4.05. The van der Waals surface area contributed by atoms with Crippen molar-refractivity contribution >= 4 is 28.3 Å². The normalized spacial score (nSPS) is 10.5. The SMILES string of the molecule is O=C(COC(=O)c1ccc(-c2ncc[nH]2)cc1)Nc1nc(-c2ccccc2)cs1. The molecular formula is C21H16N4O3S. The minimum atomic E-state index is -0.574. The van der Waals surface area contributed by atoms with Gasteiger partial charge in [0.1, 0.15) is 5.82 Å². The fourth-order valence-electron chi connectivity index (χ4n) is 2.63. The summed E-state index contributed by atoms with van der Waals surface area (Å²) in [6, 6.07) is 16.4. The van der Waals surface area contributed by atoms with Crippen LogP contribution in [0.15, 0.2) is 72.4 Å². The standard InChI is InChI=1S/C21H16N4O3S/c26-18(25-21-24-17(13-29-21)14-4-2-1-3-5-14)12-28-20(27)16-8-6-15(7-9-16)19-22-10-11-23-19/h1-11,13H,12H2,(H,22,23)(H,24,25,26). The molecule has 0 radical (unpaired) electrons. The number of anilines is 1. The lowest BCUT2D eigenvalue weighted by Gasteiger charge is -2.05. The summed E-state index contributed by atoms with van der Waals surface area (Å²) in [5.74, 6) is -0.308. The van der Waals surface area contributed by atoms with E-state index in [2.05, 4.69) is 20.3 Å². The molecule has 0 aliphatic carbocycles. The van der Waals surface area contributed by atoms with Crippen LogP contribution in [-0.2, 0) is 9.53 Å². The third kappa shape index (κ3) is 4.56. The summed E-state index contributed by atoms with van der Waals surface area (Å²) < 4.78 is 5.09. The first-order chi connectivity index (χ1) is 14.2. The predicted octanol–water partition coefficient (Wildman–Crippen LogP) is 4.00. The number of carbonyl (C=O) groups excluding carboxylic acids is 2. The van der Waals surface area contributed by atoms with Gasteiger partial charge in [0, 0.05) is 28.9 Å². The topological polar surface area (TPSA) is 97.0 Å². The van der Waals surface area contributed by atoms with Crippen molar-refractivity contribution < 1.29 is 14.3 Å². The van der Waals surface area contributed by atoms with Crippen molar-refractivity contribution in [1.82, 2.24) is 15.0 Å². The molecule has 2 heterocycles. The highest BCUT2D eigenvalue weighted by molar-refractivity contribution is 7.14. The van der Waals surface area contributed by atoms with Gasteiger partial charge in [-0.15, -0.1) is 11.3 Å². The Morgan fingerprint density at radius 3 is 2.55 bits per heavy atom. The van der Waals surface area contributed by atoms with Crippen molar-refractivity contribution in [3.63, 3.8) is 0 Å². The Hall–Kier alpha value is -3.78. The van der Waals surface area contributed by atoms with Gasteiger partial charge in [0.25, 0.3) is 5.91 Å². The van der Waals surface area contributed by atoms with E-state index in [9.17, 15) is 9.59 Å². The highest BCUT2D eigenvalue weighted by Gasteiger charge is 2.13. The van der Waals surface area contributed by atoms with Gasteiger partial charge in [-0.25, -0.2) is 14.8 Å². The number of carbonyl (C=O) groups is 2. The molecule has 29 heavy (non-hydrogen) atoms. The Balaban J connectivity index is 1.30. The van der Waals surface area contributed by atoms with Gasteiger partial charge < -0.3 is 9.72 Å². The number of nitrogens with one attached hydrogen (secondary N) is 2. The number of hydrogen-bond acceptors (Lipinski definition) is 6. The van der Waals surface area contributed by atoms with Crippen LogP contribution in [0, 0.1) is 0 Å². The number of aromatic amines is 1. The van der Waals surface area contributed by atoms with Crippen molar-refractivity contribution in [3.05, 3.63) is 77.9 Å². The van der Waals surface area contributed by atoms with Gasteiger partial charge in [0.05, 0.1) is 11.3 Å². The monoisotopic (exact) mass is 404 g/mol. The largest absolute Gasteiger partial charge is 0.452 e. The molecule has 2 N–H and O–H groups in total. The van der Waals surface area contributed by atoms with Crippen molar-refractivity contribution in [2.45, 2.75) is 0 Å². The molecule has 0 saturated heterocycles. The minimum Gasteiger partial charge on any atom is -0.452 e. The number of aromatic nitrogens is 3. The maximum Gasteiger partial charge on any atom is 0.338 e. The number of H-pyrrole nitrogens is 1. The molecule has 2 aromatic carbocycles. The fourth-order valence-corrected chi connectivity index (χ4v) is 3.37. The predicted molar refractivity (Wildman–Crippen MR) is 110 cm³/mol. The number of amides is 1. The molecule has 4 aromatic rings. The van der Waals surface area contributed by atoms with Crippen molar-refractivity contribution in [2.75, 3.05) is 11.9 Å². The quantitative estimate of drug-likeness (QED) is 0.474. The van der Waals surface area contributed by atoms with E-state index in [0.717, 1.165) is 16.8 Å². The zero-order valence-electron chi connectivity index (χ0n) is 15.2. The Morgan fingerprint density at radius 1 is 1.03 bits per heavy atom. The fraction of sp³-hybridized carbons (Fsp3) is 0.0476. The van der Waals surface area contributed by atoms with E-state index >= 15 is 0 Å². The highest BCUT2D eigenvalue weighted by atomic mass is 32.1. The second kappa shape index (κ2) is 8.49. The zero-order valence-corrected chi connectivity index (χ0v) is 16.0. The van der Waals surface area contributed by atoms with Crippen molar-refractivity contribution in [3.8, 4) is 22.6 Å². The van der Waals surface area contributed by atoms with Crippen LogP contribution in [0.5, 0.6) is 0 Å². The number of hydrogen-bond donors (Lipinski definition) is 2. The minimum absolute atomic E-state index is 0.355. The second-order valence-corrected chi connectivity index (χ2v) is 6.90. The number of thiazole rings is 1. The molecular weight excluding hydrogens is 388 g/mol. The number of esters is 1. The second-order valence-electron chi connectivity index (χ2n) is 6.04. The summed E-state index contributed by atoms with van der Waals surface area (Å²) >= 11 is 1.31. The summed E-state index contributed by atoms with van der Waals surface area (Å²) in [6.07, 6.45) is 3.38. The Morgan fingerprint density at radius 2 is 1.83 bits per heavy atom. The summed E-state index contributed by atoms with van der Waals surface area (Å²) in [6.45, 7) is -0.390. The van der Waals surface area contributed by atoms with E-state index in [1.807, 2.05) is 35.7 Å². The molecule has 0 atom stereocenters. The smallest absolute Gasteiger partial charge is 0.338 e. The van der Waals surface area contributed by atoms with Crippen LogP contribution in [0.3, 0.4) is 0 Å². The van der Waals surface area contributed by atoms with Crippen LogP contribution in [0.25, 0.3) is 22.6 Å². The molecule has 0 unspecified atom stereocenters. The van der Waals surface area contributed by atoms with E-state index in [4.69, 9.17) is 4.74 Å². The first-order valence-electron chi connectivity index (χ1n) is 8.77. The summed E-state index contributed by atoms with van der Waals surface area (Å²) in [5, 5.41) is 4.96. The maximum atomic E-state index is 12.1. The van der Waals surface area contributed by atoms with Gasteiger partial charge in [0.2, 0.25) is 0 Å². The molecule has 0 bridgehead atoms. The molecule has 0 saturated carbocycles. The first kappa shape index (κ1) is 18.6. The van der Waals surface area contributed by atoms with Crippen LogP contribution in [0.4, 0.5) is 5.13 Å². The van der Waals surface area contributed by atoms with E-state index in [-0.39, 0.29) is 6.61 Å². The average molecular weight is 404 g/mol. The number of benzene rings is 2.